The summed E-state index contributed by atoms with van der Waals surface area (Å²) in [7, 11) is 0. The number of aromatic nitrogens is 2. The van der Waals surface area contributed by atoms with Crippen molar-refractivity contribution in [1.82, 2.24) is 9.97 Å². The van der Waals surface area contributed by atoms with Crippen molar-refractivity contribution in [2.75, 3.05) is 0 Å². The number of aryl methyl sites for hydroxylation is 1. The lowest BCUT2D eigenvalue weighted by molar-refractivity contribution is 0.278. The van der Waals surface area contributed by atoms with Gasteiger partial charge in [-0.1, -0.05) is 33.1 Å². The van der Waals surface area contributed by atoms with Crippen LogP contribution < -0.4 is 0 Å². The van der Waals surface area contributed by atoms with Gasteiger partial charge in [0.05, 0.1) is 6.61 Å². The molecule has 1 aliphatic carbocycles. The van der Waals surface area contributed by atoms with Crippen molar-refractivity contribution in [3.8, 4) is 0 Å². The molecule has 0 amide bonds. The van der Waals surface area contributed by atoms with E-state index in [0.717, 1.165) is 29.4 Å². The number of hydrogen-bond acceptors (Lipinski definition) is 3. The Morgan fingerprint density at radius 1 is 1.33 bits per heavy atom. The molecule has 1 aromatic rings. The van der Waals surface area contributed by atoms with Crippen molar-refractivity contribution in [3.05, 3.63) is 23.3 Å². The van der Waals surface area contributed by atoms with Gasteiger partial charge in [-0.3, -0.25) is 0 Å². The first-order valence-electron chi connectivity index (χ1n) is 7.24. The van der Waals surface area contributed by atoms with E-state index in [2.05, 4.69) is 23.8 Å². The van der Waals surface area contributed by atoms with Crippen molar-refractivity contribution in [3.63, 3.8) is 0 Å². The summed E-state index contributed by atoms with van der Waals surface area (Å²) in [4.78, 5) is 9.16. The third-order valence-electron chi connectivity index (χ3n) is 4.20. The molecule has 1 aliphatic rings. The quantitative estimate of drug-likeness (QED) is 0.890. The van der Waals surface area contributed by atoms with Gasteiger partial charge in [0.1, 0.15) is 5.82 Å². The fourth-order valence-corrected chi connectivity index (χ4v) is 2.99. The van der Waals surface area contributed by atoms with Crippen LogP contribution in [0.5, 0.6) is 0 Å². The van der Waals surface area contributed by atoms with Crippen molar-refractivity contribution in [1.29, 1.82) is 0 Å². The number of hydrogen-bond donors (Lipinski definition) is 1. The van der Waals surface area contributed by atoms with Crippen LogP contribution in [0, 0.1) is 5.92 Å². The van der Waals surface area contributed by atoms with Gasteiger partial charge in [-0.05, 0) is 25.2 Å². The Balaban J connectivity index is 2.17. The molecule has 0 saturated heterocycles. The van der Waals surface area contributed by atoms with Crippen LogP contribution in [0.1, 0.15) is 69.0 Å². The van der Waals surface area contributed by atoms with Crippen LogP contribution in [0.2, 0.25) is 0 Å². The van der Waals surface area contributed by atoms with Crippen LogP contribution in [-0.2, 0) is 13.0 Å². The second-order valence-corrected chi connectivity index (χ2v) is 5.35. The molecule has 0 bridgehead atoms. The highest BCUT2D eigenvalue weighted by Crippen LogP contribution is 2.36. The predicted octanol–water partition coefficient (Wildman–Crippen LogP) is 3.22. The van der Waals surface area contributed by atoms with E-state index >= 15 is 0 Å². The molecule has 0 radical (unpaired) electrons. The Hall–Kier alpha value is -0.960. The SMILES string of the molecule is CCc1nc(C2CCCC(CC)C2)ncc1CO. The summed E-state index contributed by atoms with van der Waals surface area (Å²) in [5.74, 6) is 2.37. The van der Waals surface area contributed by atoms with Gasteiger partial charge >= 0.3 is 0 Å². The summed E-state index contributed by atoms with van der Waals surface area (Å²) >= 11 is 0. The van der Waals surface area contributed by atoms with E-state index < -0.39 is 0 Å². The second-order valence-electron chi connectivity index (χ2n) is 5.35. The fraction of sp³-hybridized carbons (Fsp3) is 0.733. The van der Waals surface area contributed by atoms with Crippen LogP contribution in [-0.4, -0.2) is 15.1 Å². The number of rotatable bonds is 4. The molecule has 1 fully saturated rings. The highest BCUT2D eigenvalue weighted by Gasteiger charge is 2.24. The molecule has 18 heavy (non-hydrogen) atoms. The summed E-state index contributed by atoms with van der Waals surface area (Å²) in [5.41, 5.74) is 1.89. The van der Waals surface area contributed by atoms with Crippen molar-refractivity contribution in [2.45, 2.75) is 64.9 Å². The first kappa shape index (κ1) is 13.5. The van der Waals surface area contributed by atoms with Gasteiger partial charge < -0.3 is 5.11 Å². The lowest BCUT2D eigenvalue weighted by atomic mass is 9.80. The van der Waals surface area contributed by atoms with E-state index in [-0.39, 0.29) is 6.61 Å². The highest BCUT2D eigenvalue weighted by atomic mass is 16.3. The van der Waals surface area contributed by atoms with Crippen LogP contribution in [0.3, 0.4) is 0 Å². The summed E-state index contributed by atoms with van der Waals surface area (Å²) in [6, 6.07) is 0. The van der Waals surface area contributed by atoms with Crippen LogP contribution in [0.15, 0.2) is 6.20 Å². The van der Waals surface area contributed by atoms with E-state index in [1.807, 2.05) is 6.20 Å². The number of aliphatic hydroxyl groups is 1. The van der Waals surface area contributed by atoms with Gasteiger partial charge in [0.25, 0.3) is 0 Å². The van der Waals surface area contributed by atoms with Crippen molar-refractivity contribution < 1.29 is 5.11 Å². The first-order valence-corrected chi connectivity index (χ1v) is 7.24. The Kier molecular flexibility index (Phi) is 4.70. The molecule has 100 valence electrons. The molecule has 0 spiro atoms. The minimum Gasteiger partial charge on any atom is -0.392 e. The zero-order chi connectivity index (χ0) is 13.0. The van der Waals surface area contributed by atoms with Crippen LogP contribution >= 0.6 is 0 Å². The fourth-order valence-electron chi connectivity index (χ4n) is 2.99. The normalized spacial score (nSPS) is 24.2. The second kappa shape index (κ2) is 6.28. The van der Waals surface area contributed by atoms with Gasteiger partial charge in [-0.2, -0.15) is 0 Å². The molecule has 0 aliphatic heterocycles. The minimum atomic E-state index is 0.0473. The highest BCUT2D eigenvalue weighted by molar-refractivity contribution is 5.18. The molecule has 2 unspecified atom stereocenters. The lowest BCUT2D eigenvalue weighted by Crippen LogP contribution is -2.17. The third kappa shape index (κ3) is 2.89. The molecule has 2 rings (SSSR count). The van der Waals surface area contributed by atoms with Crippen molar-refractivity contribution in [2.24, 2.45) is 5.92 Å². The molecule has 1 N–H and O–H groups in total. The Morgan fingerprint density at radius 2 is 2.17 bits per heavy atom. The molecule has 1 aromatic heterocycles. The van der Waals surface area contributed by atoms with E-state index in [4.69, 9.17) is 0 Å². The topological polar surface area (TPSA) is 46.0 Å². The summed E-state index contributed by atoms with van der Waals surface area (Å²) in [6.07, 6.45) is 9.08. The Bertz CT molecular complexity index is 392. The van der Waals surface area contributed by atoms with E-state index in [0.29, 0.717) is 5.92 Å². The molecular weight excluding hydrogens is 224 g/mol. The Morgan fingerprint density at radius 3 is 2.83 bits per heavy atom. The predicted molar refractivity (Wildman–Crippen MR) is 72.3 cm³/mol. The number of aliphatic hydroxyl groups excluding tert-OH is 1. The Labute approximate surface area is 110 Å². The first-order chi connectivity index (χ1) is 8.78. The average molecular weight is 248 g/mol. The zero-order valence-corrected chi connectivity index (χ0v) is 11.5. The molecule has 3 heteroatoms. The molecule has 2 atom stereocenters. The lowest BCUT2D eigenvalue weighted by Gasteiger charge is -2.27. The number of nitrogens with zero attached hydrogens (tertiary/aromatic N) is 2. The summed E-state index contributed by atoms with van der Waals surface area (Å²) < 4.78 is 0. The smallest absolute Gasteiger partial charge is 0.131 e. The maximum Gasteiger partial charge on any atom is 0.131 e. The maximum absolute atomic E-state index is 9.25. The molecule has 0 aromatic carbocycles. The molecule has 1 saturated carbocycles. The summed E-state index contributed by atoms with van der Waals surface area (Å²) in [5, 5.41) is 9.25. The molecule has 1 heterocycles. The molecular formula is C15H24N2O. The minimum absolute atomic E-state index is 0.0473. The molecule has 3 nitrogen and oxygen atoms in total. The maximum atomic E-state index is 9.25. The van der Waals surface area contributed by atoms with Crippen LogP contribution in [0.25, 0.3) is 0 Å². The zero-order valence-electron chi connectivity index (χ0n) is 11.5. The van der Waals surface area contributed by atoms with Gasteiger partial charge in [-0.15, -0.1) is 0 Å². The monoisotopic (exact) mass is 248 g/mol. The van der Waals surface area contributed by atoms with Gasteiger partial charge in [0.2, 0.25) is 0 Å². The largest absolute Gasteiger partial charge is 0.392 e. The van der Waals surface area contributed by atoms with E-state index in [1.54, 1.807) is 0 Å². The summed E-state index contributed by atoms with van der Waals surface area (Å²) in [6.45, 7) is 4.41. The van der Waals surface area contributed by atoms with Crippen molar-refractivity contribution >= 4 is 0 Å². The van der Waals surface area contributed by atoms with Gasteiger partial charge in [-0.25, -0.2) is 9.97 Å². The van der Waals surface area contributed by atoms with Gasteiger partial charge in [0.15, 0.2) is 0 Å². The van der Waals surface area contributed by atoms with E-state index in [1.165, 1.54) is 32.1 Å². The third-order valence-corrected chi connectivity index (χ3v) is 4.20. The van der Waals surface area contributed by atoms with Crippen LogP contribution in [0.4, 0.5) is 0 Å². The van der Waals surface area contributed by atoms with Gasteiger partial charge in [0, 0.05) is 23.4 Å². The standard InChI is InChI=1S/C15H24N2O/c1-3-11-6-5-7-12(8-11)15-16-9-13(10-18)14(4-2)17-15/h9,11-12,18H,3-8,10H2,1-2H3. The van der Waals surface area contributed by atoms with E-state index in [9.17, 15) is 5.11 Å². The average Bonchev–Trinajstić information content (AvgIpc) is 2.46.